The predicted molar refractivity (Wildman–Crippen MR) is 86.5 cm³/mol. The van der Waals surface area contributed by atoms with Gasteiger partial charge in [-0.15, -0.1) is 0 Å². The number of hydrogen-bond acceptors (Lipinski definition) is 2. The van der Waals surface area contributed by atoms with Crippen LogP contribution in [0.1, 0.15) is 18.4 Å². The number of nitrogen functional groups attached to an aromatic ring is 1. The van der Waals surface area contributed by atoms with Crippen LogP contribution >= 0.6 is 11.6 Å². The molecule has 2 aromatic rings. The Morgan fingerprint density at radius 1 is 1.00 bits per heavy atom. The smallest absolute Gasteiger partial charge is 0.0803 e. The Labute approximate surface area is 127 Å². The quantitative estimate of drug-likeness (QED) is 0.646. The molecule has 0 heterocycles. The van der Waals surface area contributed by atoms with E-state index in [9.17, 15) is 4.21 Å². The summed E-state index contributed by atoms with van der Waals surface area (Å²) in [6.45, 7) is 0. The number of nitrogens with two attached hydrogens (primary N) is 1. The lowest BCUT2D eigenvalue weighted by Crippen LogP contribution is -2.03. The zero-order valence-electron chi connectivity index (χ0n) is 11.2. The zero-order chi connectivity index (χ0) is 14.4. The summed E-state index contributed by atoms with van der Waals surface area (Å²) in [7, 11) is -1.12. The highest BCUT2D eigenvalue weighted by atomic mass is 35.5. The fourth-order valence-corrected chi connectivity index (χ4v) is 3.80. The van der Waals surface area contributed by atoms with Crippen molar-refractivity contribution in [2.45, 2.75) is 24.2 Å². The molecule has 0 bridgehead atoms. The Kier molecular flexibility index (Phi) is 5.62. The van der Waals surface area contributed by atoms with Crippen LogP contribution < -0.4 is 5.73 Å². The minimum absolute atomic E-state index is 0.492. The van der Waals surface area contributed by atoms with Gasteiger partial charge in [-0.05, 0) is 37.0 Å². The molecular formula is C16H18ClNOS. The molecule has 0 spiro atoms. The molecule has 0 aliphatic carbocycles. The van der Waals surface area contributed by atoms with Crippen molar-refractivity contribution in [3.05, 3.63) is 59.1 Å². The van der Waals surface area contributed by atoms with Crippen molar-refractivity contribution in [3.8, 4) is 0 Å². The normalized spacial score (nSPS) is 12.2. The average molecular weight is 308 g/mol. The van der Waals surface area contributed by atoms with E-state index in [1.165, 1.54) is 5.56 Å². The van der Waals surface area contributed by atoms with Gasteiger partial charge >= 0.3 is 0 Å². The Morgan fingerprint density at radius 2 is 1.75 bits per heavy atom. The Balaban J connectivity index is 1.84. The van der Waals surface area contributed by atoms with Gasteiger partial charge < -0.3 is 5.73 Å². The second-order valence-corrected chi connectivity index (χ2v) is 6.57. The molecule has 1 atom stereocenters. The standard InChI is InChI=1S/C16H18ClNOS/c17-14-10-6-11-15(18)16(14)20(19)12-5-4-9-13-7-2-1-3-8-13/h1-3,6-8,10-11H,4-5,9,12,18H2. The Hall–Kier alpha value is -1.32. The number of benzene rings is 2. The fourth-order valence-electron chi connectivity index (χ4n) is 2.07. The largest absolute Gasteiger partial charge is 0.398 e. The van der Waals surface area contributed by atoms with Crippen molar-refractivity contribution in [2.75, 3.05) is 11.5 Å². The van der Waals surface area contributed by atoms with Gasteiger partial charge in [0.15, 0.2) is 0 Å². The van der Waals surface area contributed by atoms with E-state index in [1.807, 2.05) is 18.2 Å². The van der Waals surface area contributed by atoms with Crippen LogP contribution in [-0.2, 0) is 17.2 Å². The lowest BCUT2D eigenvalue weighted by molar-refractivity contribution is 0.677. The van der Waals surface area contributed by atoms with E-state index in [0.29, 0.717) is 21.4 Å². The van der Waals surface area contributed by atoms with Crippen molar-refractivity contribution in [1.29, 1.82) is 0 Å². The summed E-state index contributed by atoms with van der Waals surface area (Å²) < 4.78 is 12.2. The summed E-state index contributed by atoms with van der Waals surface area (Å²) >= 11 is 6.06. The van der Waals surface area contributed by atoms with Crippen molar-refractivity contribution in [2.24, 2.45) is 0 Å². The highest BCUT2D eigenvalue weighted by Crippen LogP contribution is 2.26. The van der Waals surface area contributed by atoms with E-state index >= 15 is 0 Å². The molecule has 0 aromatic heterocycles. The number of unbranched alkanes of at least 4 members (excludes halogenated alkanes) is 1. The number of anilines is 1. The average Bonchev–Trinajstić information content (AvgIpc) is 2.44. The van der Waals surface area contributed by atoms with Crippen LogP contribution in [-0.4, -0.2) is 9.96 Å². The van der Waals surface area contributed by atoms with E-state index in [4.69, 9.17) is 17.3 Å². The number of halogens is 1. The lowest BCUT2D eigenvalue weighted by atomic mass is 10.1. The summed E-state index contributed by atoms with van der Waals surface area (Å²) in [5.74, 6) is 0.598. The first kappa shape index (κ1) is 15.1. The summed E-state index contributed by atoms with van der Waals surface area (Å²) in [5, 5.41) is 0.492. The maximum atomic E-state index is 12.2. The molecular weight excluding hydrogens is 290 g/mol. The summed E-state index contributed by atoms with van der Waals surface area (Å²) in [5.41, 5.74) is 7.67. The van der Waals surface area contributed by atoms with Crippen LogP contribution in [0.3, 0.4) is 0 Å². The van der Waals surface area contributed by atoms with Crippen LogP contribution in [0.25, 0.3) is 0 Å². The van der Waals surface area contributed by atoms with Crippen LogP contribution in [0, 0.1) is 0 Å². The SMILES string of the molecule is Nc1cccc(Cl)c1S(=O)CCCCc1ccccc1. The number of rotatable bonds is 6. The van der Waals surface area contributed by atoms with Gasteiger partial charge in [0.05, 0.1) is 20.7 Å². The van der Waals surface area contributed by atoms with E-state index in [2.05, 4.69) is 12.1 Å². The van der Waals surface area contributed by atoms with Gasteiger partial charge in [0, 0.05) is 11.4 Å². The number of aryl methyl sites for hydroxylation is 1. The summed E-state index contributed by atoms with van der Waals surface area (Å²) in [4.78, 5) is 0.578. The first-order valence-electron chi connectivity index (χ1n) is 6.65. The van der Waals surface area contributed by atoms with Crippen molar-refractivity contribution in [3.63, 3.8) is 0 Å². The molecule has 0 aliphatic heterocycles. The van der Waals surface area contributed by atoms with Crippen LogP contribution in [0.2, 0.25) is 5.02 Å². The molecule has 106 valence electrons. The molecule has 2 nitrogen and oxygen atoms in total. The van der Waals surface area contributed by atoms with Crippen molar-refractivity contribution < 1.29 is 4.21 Å². The minimum atomic E-state index is -1.12. The van der Waals surface area contributed by atoms with Crippen molar-refractivity contribution in [1.82, 2.24) is 0 Å². The molecule has 20 heavy (non-hydrogen) atoms. The van der Waals surface area contributed by atoms with Crippen LogP contribution in [0.4, 0.5) is 5.69 Å². The fraction of sp³-hybridized carbons (Fsp3) is 0.250. The van der Waals surface area contributed by atoms with Gasteiger partial charge in [-0.25, -0.2) is 0 Å². The highest BCUT2D eigenvalue weighted by Gasteiger charge is 2.11. The van der Waals surface area contributed by atoms with E-state index in [0.717, 1.165) is 19.3 Å². The Bertz CT molecular complexity index is 566. The van der Waals surface area contributed by atoms with Gasteiger partial charge in [-0.2, -0.15) is 0 Å². The molecule has 2 aromatic carbocycles. The third-order valence-corrected chi connectivity index (χ3v) is 5.11. The molecule has 0 saturated heterocycles. The monoisotopic (exact) mass is 307 g/mol. The minimum Gasteiger partial charge on any atom is -0.398 e. The second-order valence-electron chi connectivity index (χ2n) is 4.65. The maximum Gasteiger partial charge on any atom is 0.0803 e. The predicted octanol–water partition coefficient (Wildman–Crippen LogP) is 4.05. The molecule has 0 radical (unpaired) electrons. The zero-order valence-corrected chi connectivity index (χ0v) is 12.8. The highest BCUT2D eigenvalue weighted by molar-refractivity contribution is 7.85. The summed E-state index contributed by atoms with van der Waals surface area (Å²) in [6.07, 6.45) is 2.92. The van der Waals surface area contributed by atoms with Gasteiger partial charge in [-0.1, -0.05) is 48.0 Å². The second kappa shape index (κ2) is 7.46. The van der Waals surface area contributed by atoms with Gasteiger partial charge in [0.25, 0.3) is 0 Å². The third kappa shape index (κ3) is 4.09. The van der Waals surface area contributed by atoms with Gasteiger partial charge in [0.1, 0.15) is 0 Å². The molecule has 2 rings (SSSR count). The first-order valence-corrected chi connectivity index (χ1v) is 8.34. The topological polar surface area (TPSA) is 43.1 Å². The third-order valence-electron chi connectivity index (χ3n) is 3.11. The van der Waals surface area contributed by atoms with Gasteiger partial charge in [0.2, 0.25) is 0 Å². The van der Waals surface area contributed by atoms with E-state index in [-0.39, 0.29) is 0 Å². The van der Waals surface area contributed by atoms with E-state index in [1.54, 1.807) is 18.2 Å². The first-order chi connectivity index (χ1) is 9.68. The molecule has 0 saturated carbocycles. The van der Waals surface area contributed by atoms with Crippen LogP contribution in [0.5, 0.6) is 0 Å². The maximum absolute atomic E-state index is 12.2. The Morgan fingerprint density at radius 3 is 2.45 bits per heavy atom. The van der Waals surface area contributed by atoms with Gasteiger partial charge in [-0.3, -0.25) is 4.21 Å². The van der Waals surface area contributed by atoms with E-state index < -0.39 is 10.8 Å². The molecule has 2 N–H and O–H groups in total. The van der Waals surface area contributed by atoms with Crippen molar-refractivity contribution >= 4 is 28.1 Å². The van der Waals surface area contributed by atoms with Crippen LogP contribution in [0.15, 0.2) is 53.4 Å². The molecule has 0 amide bonds. The number of hydrogen-bond donors (Lipinski definition) is 1. The molecule has 0 fully saturated rings. The lowest BCUT2D eigenvalue weighted by Gasteiger charge is -2.07. The molecule has 1 unspecified atom stereocenters. The summed E-state index contributed by atoms with van der Waals surface area (Å²) in [6, 6.07) is 15.6. The molecule has 4 heteroatoms. The molecule has 0 aliphatic rings.